The summed E-state index contributed by atoms with van der Waals surface area (Å²) < 4.78 is 0. The van der Waals surface area contributed by atoms with E-state index in [9.17, 15) is 4.79 Å². The van der Waals surface area contributed by atoms with E-state index in [2.05, 4.69) is 19.6 Å². The number of hydrogen-bond acceptors (Lipinski definition) is 2. The molecule has 0 aliphatic heterocycles. The molecule has 2 heteroatoms. The van der Waals surface area contributed by atoms with Crippen molar-refractivity contribution in [1.29, 1.82) is 0 Å². The van der Waals surface area contributed by atoms with Gasteiger partial charge in [-0.1, -0.05) is 51.9 Å². The van der Waals surface area contributed by atoms with Gasteiger partial charge in [0.1, 0.15) is 5.78 Å². The third kappa shape index (κ3) is 8.61. The number of ketones is 1. The third-order valence-corrected chi connectivity index (χ3v) is 3.17. The van der Waals surface area contributed by atoms with Crippen molar-refractivity contribution >= 4 is 18.4 Å². The Morgan fingerprint density at radius 3 is 2.07 bits per heavy atom. The predicted molar refractivity (Wildman–Crippen MR) is 66.1 cm³/mol. The molecule has 0 heterocycles. The minimum Gasteiger partial charge on any atom is -0.299 e. The molecule has 0 N–H and O–H groups in total. The van der Waals surface area contributed by atoms with Crippen LogP contribution in [0.25, 0.3) is 0 Å². The Kier molecular flexibility index (Phi) is 9.58. The molecule has 1 nitrogen and oxygen atoms in total. The Morgan fingerprint density at radius 1 is 1.07 bits per heavy atom. The first-order valence-electron chi connectivity index (χ1n) is 5.87. The number of unbranched alkanes of at least 4 members (excludes halogenated alkanes) is 6. The maximum Gasteiger partial charge on any atom is 0.142 e. The molecule has 0 aliphatic carbocycles. The zero-order chi connectivity index (χ0) is 10.8. The highest BCUT2D eigenvalue weighted by Crippen LogP contribution is 2.12. The van der Waals surface area contributed by atoms with Gasteiger partial charge < -0.3 is 0 Å². The second kappa shape index (κ2) is 9.57. The first-order valence-corrected chi connectivity index (χ1v) is 6.38. The average Bonchev–Trinajstić information content (AvgIpc) is 2.16. The minimum absolute atomic E-state index is 0.0226. The molecule has 0 aromatic heterocycles. The van der Waals surface area contributed by atoms with Gasteiger partial charge in [-0.15, -0.1) is 0 Å². The van der Waals surface area contributed by atoms with E-state index in [-0.39, 0.29) is 11.0 Å². The summed E-state index contributed by atoms with van der Waals surface area (Å²) in [5.41, 5.74) is 0. The van der Waals surface area contributed by atoms with Crippen LogP contribution in [0.15, 0.2) is 0 Å². The van der Waals surface area contributed by atoms with Gasteiger partial charge in [0.2, 0.25) is 0 Å². The number of Topliss-reactive ketones (excluding diaryl/α,β-unsaturated/α-hetero) is 1. The Labute approximate surface area is 94.1 Å². The molecule has 84 valence electrons. The maximum absolute atomic E-state index is 10.9. The maximum atomic E-state index is 10.9. The summed E-state index contributed by atoms with van der Waals surface area (Å²) in [5.74, 6) is 0.208. The number of hydrogen-bond donors (Lipinski definition) is 1. The third-order valence-electron chi connectivity index (χ3n) is 2.55. The average molecular weight is 216 g/mol. The molecule has 0 aromatic carbocycles. The van der Waals surface area contributed by atoms with Gasteiger partial charge in [0.15, 0.2) is 0 Å². The molecule has 0 aliphatic rings. The number of carbonyl (C=O) groups excluding carboxylic acids is 1. The zero-order valence-electron chi connectivity index (χ0n) is 9.59. The molecule has 0 aromatic rings. The van der Waals surface area contributed by atoms with Crippen molar-refractivity contribution in [2.45, 2.75) is 70.5 Å². The van der Waals surface area contributed by atoms with Crippen LogP contribution in [0.2, 0.25) is 0 Å². The van der Waals surface area contributed by atoms with E-state index in [1.54, 1.807) is 6.92 Å². The van der Waals surface area contributed by atoms with Gasteiger partial charge >= 0.3 is 0 Å². The molecule has 14 heavy (non-hydrogen) atoms. The lowest BCUT2D eigenvalue weighted by Gasteiger charge is -2.05. The highest BCUT2D eigenvalue weighted by molar-refractivity contribution is 7.81. The van der Waals surface area contributed by atoms with Gasteiger partial charge in [-0.05, 0) is 13.3 Å². The van der Waals surface area contributed by atoms with Gasteiger partial charge in [-0.25, -0.2) is 0 Å². The van der Waals surface area contributed by atoms with Gasteiger partial charge in [0.05, 0.1) is 5.25 Å². The van der Waals surface area contributed by atoms with Crippen LogP contribution in [-0.4, -0.2) is 11.0 Å². The SMILES string of the molecule is CCCCCCCCCC(S)C(C)=O. The first kappa shape index (κ1) is 14.0. The van der Waals surface area contributed by atoms with E-state index in [1.807, 2.05) is 0 Å². The van der Waals surface area contributed by atoms with Crippen molar-refractivity contribution in [3.8, 4) is 0 Å². The van der Waals surface area contributed by atoms with Crippen molar-refractivity contribution in [1.82, 2.24) is 0 Å². The standard InChI is InChI=1S/C12H24OS/c1-3-4-5-6-7-8-9-10-12(14)11(2)13/h12,14H,3-10H2,1-2H3. The summed E-state index contributed by atoms with van der Waals surface area (Å²) in [4.78, 5) is 10.9. The Bertz CT molecular complexity index is 145. The molecule has 0 saturated carbocycles. The number of rotatable bonds is 9. The lowest BCUT2D eigenvalue weighted by Crippen LogP contribution is -2.09. The van der Waals surface area contributed by atoms with E-state index >= 15 is 0 Å². The minimum atomic E-state index is -0.0226. The summed E-state index contributed by atoms with van der Waals surface area (Å²) in [5, 5.41) is -0.0226. The second-order valence-electron chi connectivity index (χ2n) is 4.04. The van der Waals surface area contributed by atoms with Gasteiger partial charge in [0.25, 0.3) is 0 Å². The van der Waals surface area contributed by atoms with Crippen molar-refractivity contribution in [3.05, 3.63) is 0 Å². The quantitative estimate of drug-likeness (QED) is 0.455. The molecule has 0 saturated heterocycles. The van der Waals surface area contributed by atoms with Crippen LogP contribution >= 0.6 is 12.6 Å². The lowest BCUT2D eigenvalue weighted by atomic mass is 10.1. The van der Waals surface area contributed by atoms with E-state index in [0.29, 0.717) is 0 Å². The molecule has 0 fully saturated rings. The van der Waals surface area contributed by atoms with Crippen molar-refractivity contribution in [2.75, 3.05) is 0 Å². The van der Waals surface area contributed by atoms with Gasteiger partial charge in [0, 0.05) is 0 Å². The molecule has 0 bridgehead atoms. The Balaban J connectivity index is 3.09. The molecule has 0 amide bonds. The highest BCUT2D eigenvalue weighted by atomic mass is 32.1. The highest BCUT2D eigenvalue weighted by Gasteiger charge is 2.06. The van der Waals surface area contributed by atoms with E-state index < -0.39 is 0 Å². The molecule has 0 rings (SSSR count). The van der Waals surface area contributed by atoms with Crippen LogP contribution in [0.1, 0.15) is 65.2 Å². The summed E-state index contributed by atoms with van der Waals surface area (Å²) in [7, 11) is 0. The largest absolute Gasteiger partial charge is 0.299 e. The monoisotopic (exact) mass is 216 g/mol. The van der Waals surface area contributed by atoms with E-state index in [4.69, 9.17) is 0 Å². The summed E-state index contributed by atoms with van der Waals surface area (Å²) >= 11 is 4.23. The summed E-state index contributed by atoms with van der Waals surface area (Å²) in [6.45, 7) is 3.86. The van der Waals surface area contributed by atoms with Gasteiger partial charge in [-0.3, -0.25) is 4.79 Å². The van der Waals surface area contributed by atoms with E-state index in [0.717, 1.165) is 12.8 Å². The van der Waals surface area contributed by atoms with Crippen molar-refractivity contribution in [3.63, 3.8) is 0 Å². The lowest BCUT2D eigenvalue weighted by molar-refractivity contribution is -0.116. The molecule has 0 radical (unpaired) electrons. The molecular weight excluding hydrogens is 192 g/mol. The van der Waals surface area contributed by atoms with Gasteiger partial charge in [-0.2, -0.15) is 12.6 Å². The van der Waals surface area contributed by atoms with Crippen molar-refractivity contribution in [2.24, 2.45) is 0 Å². The number of carbonyl (C=O) groups is 1. The van der Waals surface area contributed by atoms with Crippen LogP contribution < -0.4 is 0 Å². The fourth-order valence-electron chi connectivity index (χ4n) is 1.50. The topological polar surface area (TPSA) is 17.1 Å². The van der Waals surface area contributed by atoms with Crippen LogP contribution in [0.3, 0.4) is 0 Å². The fourth-order valence-corrected chi connectivity index (χ4v) is 1.68. The summed E-state index contributed by atoms with van der Waals surface area (Å²) in [6.07, 6.45) is 10.1. The van der Waals surface area contributed by atoms with Crippen LogP contribution in [0.5, 0.6) is 0 Å². The van der Waals surface area contributed by atoms with Crippen molar-refractivity contribution < 1.29 is 4.79 Å². The predicted octanol–water partition coefficient (Wildman–Crippen LogP) is 4.01. The summed E-state index contributed by atoms with van der Waals surface area (Å²) in [6, 6.07) is 0. The zero-order valence-corrected chi connectivity index (χ0v) is 10.5. The molecule has 1 unspecified atom stereocenters. The van der Waals surface area contributed by atoms with Crippen LogP contribution in [0, 0.1) is 0 Å². The first-order chi connectivity index (χ1) is 6.68. The van der Waals surface area contributed by atoms with Crippen LogP contribution in [0.4, 0.5) is 0 Å². The smallest absolute Gasteiger partial charge is 0.142 e. The van der Waals surface area contributed by atoms with Crippen LogP contribution in [-0.2, 0) is 4.79 Å². The molecule has 1 atom stereocenters. The number of thiol groups is 1. The Hall–Kier alpha value is 0.0200. The van der Waals surface area contributed by atoms with E-state index in [1.165, 1.54) is 38.5 Å². The second-order valence-corrected chi connectivity index (χ2v) is 4.66. The Morgan fingerprint density at radius 2 is 1.57 bits per heavy atom. The fraction of sp³-hybridized carbons (Fsp3) is 0.917. The normalized spacial score (nSPS) is 12.8. The molecular formula is C12H24OS. The molecule has 0 spiro atoms.